The zero-order chi connectivity index (χ0) is 13.1. The van der Waals surface area contributed by atoms with Gasteiger partial charge >= 0.3 is 5.97 Å². The Bertz CT molecular complexity index is 648. The number of H-pyrrole nitrogens is 1. The molecule has 2 rings (SSSR count). The molecule has 92 valence electrons. The fourth-order valence-corrected chi connectivity index (χ4v) is 1.75. The van der Waals surface area contributed by atoms with Crippen molar-refractivity contribution in [3.63, 3.8) is 0 Å². The molecule has 1 aromatic heterocycles. The van der Waals surface area contributed by atoms with Gasteiger partial charge in [0.05, 0.1) is 5.52 Å². The van der Waals surface area contributed by atoms with Crippen LogP contribution in [0, 0.1) is 0 Å². The smallest absolute Gasteiger partial charge is 0.328 e. The summed E-state index contributed by atoms with van der Waals surface area (Å²) >= 11 is 3.32. The van der Waals surface area contributed by atoms with E-state index in [1.165, 1.54) is 0 Å². The van der Waals surface area contributed by atoms with Crippen LogP contribution in [0.5, 0.6) is 0 Å². The summed E-state index contributed by atoms with van der Waals surface area (Å²) in [7, 11) is 0. The van der Waals surface area contributed by atoms with Crippen LogP contribution in [0.15, 0.2) is 34.8 Å². The maximum absolute atomic E-state index is 11.4. The average molecular weight is 310 g/mol. The molecule has 0 unspecified atom stereocenters. The molecule has 0 fully saturated rings. The zero-order valence-electron chi connectivity index (χ0n) is 8.98. The molecule has 0 atom stereocenters. The first-order valence-corrected chi connectivity index (χ1v) is 5.71. The van der Waals surface area contributed by atoms with Crippen LogP contribution >= 0.6 is 15.9 Å². The van der Waals surface area contributed by atoms with Crippen molar-refractivity contribution in [2.24, 2.45) is 0 Å². The third kappa shape index (κ3) is 2.75. The molecule has 3 N–H and O–H groups in total. The van der Waals surface area contributed by atoms with E-state index in [1.807, 2.05) is 12.1 Å². The zero-order valence-corrected chi connectivity index (χ0v) is 10.6. The van der Waals surface area contributed by atoms with E-state index in [9.17, 15) is 9.59 Å². The minimum atomic E-state index is -1.18. The van der Waals surface area contributed by atoms with Gasteiger partial charge in [-0.2, -0.15) is 5.10 Å². The number of halogens is 1. The minimum absolute atomic E-state index is 0.353. The first kappa shape index (κ1) is 12.3. The van der Waals surface area contributed by atoms with Crippen molar-refractivity contribution in [3.05, 3.63) is 34.8 Å². The quantitative estimate of drug-likeness (QED) is 0.755. The van der Waals surface area contributed by atoms with E-state index in [0.717, 1.165) is 27.5 Å². The summed E-state index contributed by atoms with van der Waals surface area (Å²) in [5.74, 6) is -1.38. The molecule has 0 aliphatic rings. The number of carbonyl (C=O) groups is 2. The highest BCUT2D eigenvalue weighted by molar-refractivity contribution is 9.10. The van der Waals surface area contributed by atoms with Crippen molar-refractivity contribution in [1.29, 1.82) is 0 Å². The molecule has 0 aliphatic heterocycles. The molecule has 0 radical (unpaired) electrons. The van der Waals surface area contributed by atoms with Gasteiger partial charge in [0.2, 0.25) is 5.91 Å². The van der Waals surface area contributed by atoms with Gasteiger partial charge in [-0.25, -0.2) is 4.79 Å². The lowest BCUT2D eigenvalue weighted by molar-refractivity contribution is -0.131. The summed E-state index contributed by atoms with van der Waals surface area (Å²) in [6, 6.07) is 5.46. The molecule has 0 saturated heterocycles. The highest BCUT2D eigenvalue weighted by Crippen LogP contribution is 2.24. The van der Waals surface area contributed by atoms with Crippen molar-refractivity contribution in [1.82, 2.24) is 10.2 Å². The largest absolute Gasteiger partial charge is 0.478 e. The number of aromatic nitrogens is 2. The summed E-state index contributed by atoms with van der Waals surface area (Å²) in [4.78, 5) is 21.7. The van der Waals surface area contributed by atoms with Gasteiger partial charge in [0.1, 0.15) is 0 Å². The van der Waals surface area contributed by atoms with Crippen LogP contribution in [0.2, 0.25) is 0 Å². The Labute approximate surface area is 110 Å². The molecule has 1 aromatic carbocycles. The summed E-state index contributed by atoms with van der Waals surface area (Å²) in [5, 5.41) is 18.3. The van der Waals surface area contributed by atoms with Gasteiger partial charge in [-0.1, -0.05) is 15.9 Å². The van der Waals surface area contributed by atoms with E-state index >= 15 is 0 Å². The van der Waals surface area contributed by atoms with Crippen LogP contribution in [0.3, 0.4) is 0 Å². The van der Waals surface area contributed by atoms with Crippen molar-refractivity contribution < 1.29 is 14.7 Å². The van der Waals surface area contributed by atoms with Gasteiger partial charge in [0, 0.05) is 22.0 Å². The predicted molar refractivity (Wildman–Crippen MR) is 69.2 cm³/mol. The fraction of sp³-hybridized carbons (Fsp3) is 0. The van der Waals surface area contributed by atoms with E-state index in [1.54, 1.807) is 6.07 Å². The van der Waals surface area contributed by atoms with E-state index in [2.05, 4.69) is 31.4 Å². The summed E-state index contributed by atoms with van der Waals surface area (Å²) in [6.07, 6.45) is 1.70. The number of carbonyl (C=O) groups excluding carboxylic acids is 1. The Morgan fingerprint density at radius 3 is 2.89 bits per heavy atom. The lowest BCUT2D eigenvalue weighted by atomic mass is 10.2. The first-order valence-electron chi connectivity index (χ1n) is 4.92. The molecule has 18 heavy (non-hydrogen) atoms. The van der Waals surface area contributed by atoms with Crippen molar-refractivity contribution >= 4 is 44.5 Å². The van der Waals surface area contributed by atoms with Gasteiger partial charge in [0.25, 0.3) is 0 Å². The number of nitrogens with one attached hydrogen (secondary N) is 2. The molecule has 0 spiro atoms. The molecular formula is C11H8BrN3O3. The van der Waals surface area contributed by atoms with E-state index < -0.39 is 11.9 Å². The molecule has 0 saturated carbocycles. The summed E-state index contributed by atoms with van der Waals surface area (Å²) in [5.41, 5.74) is 0.774. The lowest BCUT2D eigenvalue weighted by Crippen LogP contribution is -2.09. The monoisotopic (exact) mass is 309 g/mol. The standard InChI is InChI=1S/C11H8BrN3O3/c12-6-1-2-8-7(5-6)11(15-14-8)13-9(16)3-4-10(17)18/h1-5H,(H,17,18)(H2,13,14,15,16). The number of hydrogen-bond donors (Lipinski definition) is 3. The molecule has 0 aliphatic carbocycles. The van der Waals surface area contributed by atoms with Crippen molar-refractivity contribution in [2.75, 3.05) is 5.32 Å². The van der Waals surface area contributed by atoms with E-state index in [-0.39, 0.29) is 0 Å². The van der Waals surface area contributed by atoms with Crippen LogP contribution in [0.1, 0.15) is 0 Å². The van der Waals surface area contributed by atoms with Gasteiger partial charge in [0.15, 0.2) is 5.82 Å². The summed E-state index contributed by atoms with van der Waals surface area (Å²) in [6.45, 7) is 0. The van der Waals surface area contributed by atoms with Crippen LogP contribution in [0.25, 0.3) is 10.9 Å². The second-order valence-corrected chi connectivity index (χ2v) is 4.34. The molecule has 2 aromatic rings. The molecule has 7 heteroatoms. The number of fused-ring (bicyclic) bond motifs is 1. The second-order valence-electron chi connectivity index (χ2n) is 3.42. The third-order valence-electron chi connectivity index (χ3n) is 2.14. The highest BCUT2D eigenvalue weighted by atomic mass is 79.9. The highest BCUT2D eigenvalue weighted by Gasteiger charge is 2.08. The molecule has 0 bridgehead atoms. The predicted octanol–water partition coefficient (Wildman–Crippen LogP) is 1.90. The number of hydrogen-bond acceptors (Lipinski definition) is 3. The number of carboxylic acids is 1. The van der Waals surface area contributed by atoms with Crippen molar-refractivity contribution in [3.8, 4) is 0 Å². The van der Waals surface area contributed by atoms with Gasteiger partial charge in [-0.05, 0) is 18.2 Å². The fourth-order valence-electron chi connectivity index (χ4n) is 1.39. The minimum Gasteiger partial charge on any atom is -0.478 e. The molecule has 6 nitrogen and oxygen atoms in total. The number of nitrogens with zero attached hydrogens (tertiary/aromatic N) is 1. The first-order chi connectivity index (χ1) is 8.56. The van der Waals surface area contributed by atoms with Crippen LogP contribution in [0.4, 0.5) is 5.82 Å². The van der Waals surface area contributed by atoms with Crippen molar-refractivity contribution in [2.45, 2.75) is 0 Å². The van der Waals surface area contributed by atoms with Crippen LogP contribution in [-0.4, -0.2) is 27.2 Å². The molecule has 1 heterocycles. The number of carboxylic acid groups (broad SMARTS) is 1. The number of aromatic amines is 1. The SMILES string of the molecule is O=C(O)C=CC(=O)Nc1n[nH]c2ccc(Br)cc12. The van der Waals surface area contributed by atoms with Gasteiger partial charge < -0.3 is 10.4 Å². The molecular weight excluding hydrogens is 302 g/mol. The van der Waals surface area contributed by atoms with E-state index in [0.29, 0.717) is 5.82 Å². The Balaban J connectivity index is 2.24. The molecule has 1 amide bonds. The number of aliphatic carboxylic acids is 1. The number of amides is 1. The number of rotatable bonds is 3. The Kier molecular flexibility index (Phi) is 3.42. The Morgan fingerprint density at radius 2 is 2.17 bits per heavy atom. The van der Waals surface area contributed by atoms with Crippen LogP contribution in [-0.2, 0) is 9.59 Å². The Morgan fingerprint density at radius 1 is 1.39 bits per heavy atom. The lowest BCUT2D eigenvalue weighted by Gasteiger charge is -1.98. The average Bonchev–Trinajstić information content (AvgIpc) is 2.69. The third-order valence-corrected chi connectivity index (χ3v) is 2.64. The maximum Gasteiger partial charge on any atom is 0.328 e. The Hall–Kier alpha value is -2.15. The number of benzene rings is 1. The topological polar surface area (TPSA) is 95.1 Å². The van der Waals surface area contributed by atoms with E-state index in [4.69, 9.17) is 5.11 Å². The van der Waals surface area contributed by atoms with Gasteiger partial charge in [-0.3, -0.25) is 9.89 Å². The summed E-state index contributed by atoms with van der Waals surface area (Å²) < 4.78 is 0.855. The number of anilines is 1. The second kappa shape index (κ2) is 5.01. The maximum atomic E-state index is 11.4. The van der Waals surface area contributed by atoms with Gasteiger partial charge in [-0.15, -0.1) is 0 Å². The van der Waals surface area contributed by atoms with Crippen LogP contribution < -0.4 is 5.32 Å². The normalized spacial score (nSPS) is 10.9.